The van der Waals surface area contributed by atoms with Gasteiger partial charge in [-0.15, -0.1) is 11.6 Å². The molecule has 2 aliphatic rings. The van der Waals surface area contributed by atoms with Crippen molar-refractivity contribution in [3.05, 3.63) is 0 Å². The number of alkyl halides is 1. The Morgan fingerprint density at radius 1 is 1.57 bits per heavy atom. The van der Waals surface area contributed by atoms with E-state index in [1.54, 1.807) is 0 Å². The first kappa shape index (κ1) is 10.2. The number of carbonyl (C=O) groups is 1. The van der Waals surface area contributed by atoms with E-state index in [0.717, 1.165) is 32.3 Å². The fourth-order valence-electron chi connectivity index (χ4n) is 1.80. The van der Waals surface area contributed by atoms with Crippen LogP contribution in [0.25, 0.3) is 0 Å². The van der Waals surface area contributed by atoms with Gasteiger partial charge in [-0.3, -0.25) is 4.79 Å². The highest BCUT2D eigenvalue weighted by Gasteiger charge is 2.43. The fraction of sp³-hybridized carbons (Fsp3) is 0.900. The number of carbonyl (C=O) groups excluding carboxylic acids is 1. The summed E-state index contributed by atoms with van der Waals surface area (Å²) in [5.74, 6) is 0.625. The molecule has 0 spiro atoms. The molecule has 1 aliphatic carbocycles. The molecule has 4 heteroatoms. The minimum absolute atomic E-state index is 0.0722. The zero-order valence-corrected chi connectivity index (χ0v) is 8.98. The summed E-state index contributed by atoms with van der Waals surface area (Å²) in [6.45, 7) is 0.804. The van der Waals surface area contributed by atoms with Gasteiger partial charge >= 0.3 is 0 Å². The minimum atomic E-state index is -0.0722. The van der Waals surface area contributed by atoms with Crippen molar-refractivity contribution in [3.63, 3.8) is 0 Å². The average molecular weight is 218 g/mol. The summed E-state index contributed by atoms with van der Waals surface area (Å²) >= 11 is 5.77. The first-order valence-electron chi connectivity index (χ1n) is 5.23. The highest BCUT2D eigenvalue weighted by atomic mass is 35.5. The van der Waals surface area contributed by atoms with Gasteiger partial charge in [0.25, 0.3) is 0 Å². The van der Waals surface area contributed by atoms with Crippen molar-refractivity contribution in [2.75, 3.05) is 12.5 Å². The standard InChI is InChI=1S/C10H16ClNO2/c11-7-10(3-4-10)12-9(13)6-8-2-1-5-14-8/h8H,1-7H2,(H,12,13). The lowest BCUT2D eigenvalue weighted by Crippen LogP contribution is -2.39. The van der Waals surface area contributed by atoms with Gasteiger partial charge in [0, 0.05) is 12.5 Å². The summed E-state index contributed by atoms with van der Waals surface area (Å²) in [4.78, 5) is 11.6. The lowest BCUT2D eigenvalue weighted by Gasteiger charge is -2.15. The van der Waals surface area contributed by atoms with E-state index in [-0.39, 0.29) is 17.6 Å². The van der Waals surface area contributed by atoms with Gasteiger partial charge in [-0.25, -0.2) is 0 Å². The fourth-order valence-corrected chi connectivity index (χ4v) is 2.14. The van der Waals surface area contributed by atoms with Crippen LogP contribution < -0.4 is 5.32 Å². The van der Waals surface area contributed by atoms with Gasteiger partial charge in [0.15, 0.2) is 0 Å². The molecule has 0 aromatic rings. The number of halogens is 1. The Morgan fingerprint density at radius 3 is 2.86 bits per heavy atom. The van der Waals surface area contributed by atoms with Crippen LogP contribution in [-0.2, 0) is 9.53 Å². The molecule has 1 aliphatic heterocycles. The molecule has 14 heavy (non-hydrogen) atoms. The zero-order valence-electron chi connectivity index (χ0n) is 8.22. The van der Waals surface area contributed by atoms with Crippen LogP contribution in [0.2, 0.25) is 0 Å². The van der Waals surface area contributed by atoms with Gasteiger partial charge in [-0.2, -0.15) is 0 Å². The topological polar surface area (TPSA) is 38.3 Å². The van der Waals surface area contributed by atoms with E-state index in [1.165, 1.54) is 0 Å². The Morgan fingerprint density at radius 2 is 2.36 bits per heavy atom. The van der Waals surface area contributed by atoms with Crippen LogP contribution >= 0.6 is 11.6 Å². The maximum Gasteiger partial charge on any atom is 0.223 e. The average Bonchev–Trinajstić information content (AvgIpc) is 2.74. The molecule has 1 saturated carbocycles. The molecule has 1 atom stereocenters. The molecule has 1 saturated heterocycles. The van der Waals surface area contributed by atoms with Crippen molar-refractivity contribution in [2.24, 2.45) is 0 Å². The number of hydrogen-bond acceptors (Lipinski definition) is 2. The molecule has 1 N–H and O–H groups in total. The lowest BCUT2D eigenvalue weighted by atomic mass is 10.1. The molecular formula is C10H16ClNO2. The van der Waals surface area contributed by atoms with E-state index in [1.807, 2.05) is 0 Å². The number of rotatable bonds is 4. The highest BCUT2D eigenvalue weighted by Crippen LogP contribution is 2.36. The monoisotopic (exact) mass is 217 g/mol. The summed E-state index contributed by atoms with van der Waals surface area (Å²) in [5, 5.41) is 2.99. The normalized spacial score (nSPS) is 28.8. The van der Waals surface area contributed by atoms with Gasteiger partial charge in [0.1, 0.15) is 0 Å². The predicted molar refractivity (Wildman–Crippen MR) is 54.4 cm³/mol. The largest absolute Gasteiger partial charge is 0.378 e. The molecule has 1 heterocycles. The summed E-state index contributed by atoms with van der Waals surface area (Å²) in [6.07, 6.45) is 4.78. The molecule has 0 radical (unpaired) electrons. The molecule has 2 rings (SSSR count). The Labute approximate surface area is 89.1 Å². The van der Waals surface area contributed by atoms with Crippen molar-refractivity contribution in [3.8, 4) is 0 Å². The molecule has 0 bridgehead atoms. The third-order valence-corrected chi connectivity index (χ3v) is 3.46. The molecule has 2 fully saturated rings. The second-order valence-corrected chi connectivity index (χ2v) is 4.57. The van der Waals surface area contributed by atoms with E-state index in [2.05, 4.69) is 5.32 Å². The Kier molecular flexibility index (Phi) is 2.98. The van der Waals surface area contributed by atoms with E-state index in [9.17, 15) is 4.79 Å². The lowest BCUT2D eigenvalue weighted by molar-refractivity contribution is -0.124. The van der Waals surface area contributed by atoms with Crippen molar-refractivity contribution >= 4 is 17.5 Å². The number of amides is 1. The van der Waals surface area contributed by atoms with Crippen LogP contribution in [-0.4, -0.2) is 30.0 Å². The van der Waals surface area contributed by atoms with Crippen molar-refractivity contribution in [1.82, 2.24) is 5.32 Å². The predicted octanol–water partition coefficient (Wildman–Crippen LogP) is 1.44. The molecule has 3 nitrogen and oxygen atoms in total. The van der Waals surface area contributed by atoms with Gasteiger partial charge in [-0.05, 0) is 25.7 Å². The molecule has 80 valence electrons. The number of ether oxygens (including phenoxy) is 1. The molecule has 1 amide bonds. The maximum absolute atomic E-state index is 11.6. The van der Waals surface area contributed by atoms with E-state index in [4.69, 9.17) is 16.3 Å². The molecule has 0 aromatic carbocycles. The number of nitrogens with one attached hydrogen (secondary N) is 1. The second kappa shape index (κ2) is 4.07. The summed E-state index contributed by atoms with van der Waals surface area (Å²) in [6, 6.07) is 0. The molecule has 1 unspecified atom stereocenters. The quantitative estimate of drug-likeness (QED) is 0.724. The van der Waals surface area contributed by atoms with Crippen LogP contribution in [0.1, 0.15) is 32.1 Å². The van der Waals surface area contributed by atoms with Crippen molar-refractivity contribution in [2.45, 2.75) is 43.7 Å². The van der Waals surface area contributed by atoms with Crippen LogP contribution in [0.5, 0.6) is 0 Å². The summed E-state index contributed by atoms with van der Waals surface area (Å²) in [5.41, 5.74) is -0.0722. The van der Waals surface area contributed by atoms with Crippen LogP contribution in [0.15, 0.2) is 0 Å². The smallest absolute Gasteiger partial charge is 0.223 e. The first-order chi connectivity index (χ1) is 6.74. The Balaban J connectivity index is 1.73. The minimum Gasteiger partial charge on any atom is -0.378 e. The summed E-state index contributed by atoms with van der Waals surface area (Å²) in [7, 11) is 0. The van der Waals surface area contributed by atoms with E-state index < -0.39 is 0 Å². The summed E-state index contributed by atoms with van der Waals surface area (Å²) < 4.78 is 5.40. The van der Waals surface area contributed by atoms with Crippen LogP contribution in [0, 0.1) is 0 Å². The molecular weight excluding hydrogens is 202 g/mol. The molecule has 0 aromatic heterocycles. The van der Waals surface area contributed by atoms with Gasteiger partial charge in [0.05, 0.1) is 18.1 Å². The zero-order chi connectivity index (χ0) is 10.0. The third kappa shape index (κ3) is 2.39. The van der Waals surface area contributed by atoms with Gasteiger partial charge < -0.3 is 10.1 Å². The second-order valence-electron chi connectivity index (χ2n) is 4.30. The Hall–Kier alpha value is -0.280. The Bertz CT molecular complexity index is 222. The van der Waals surface area contributed by atoms with E-state index >= 15 is 0 Å². The SMILES string of the molecule is O=C(CC1CCCO1)NC1(CCl)CC1. The van der Waals surface area contributed by atoms with Crippen molar-refractivity contribution < 1.29 is 9.53 Å². The maximum atomic E-state index is 11.6. The van der Waals surface area contributed by atoms with Gasteiger partial charge in [-0.1, -0.05) is 0 Å². The van der Waals surface area contributed by atoms with Crippen molar-refractivity contribution in [1.29, 1.82) is 0 Å². The van der Waals surface area contributed by atoms with E-state index in [0.29, 0.717) is 12.3 Å². The first-order valence-corrected chi connectivity index (χ1v) is 5.76. The van der Waals surface area contributed by atoms with Crippen LogP contribution in [0.3, 0.4) is 0 Å². The van der Waals surface area contributed by atoms with Gasteiger partial charge in [0.2, 0.25) is 5.91 Å². The third-order valence-electron chi connectivity index (χ3n) is 2.95. The number of hydrogen-bond donors (Lipinski definition) is 1. The highest BCUT2D eigenvalue weighted by molar-refractivity contribution is 6.19. The van der Waals surface area contributed by atoms with Crippen LogP contribution in [0.4, 0.5) is 0 Å².